The molecule has 152 valence electrons. The van der Waals surface area contributed by atoms with Gasteiger partial charge in [-0.2, -0.15) is 18.3 Å². The van der Waals surface area contributed by atoms with Gasteiger partial charge in [-0.3, -0.25) is 9.59 Å². The highest BCUT2D eigenvalue weighted by molar-refractivity contribution is 7.21. The van der Waals surface area contributed by atoms with E-state index < -0.39 is 35.8 Å². The third-order valence-electron chi connectivity index (χ3n) is 3.59. The van der Waals surface area contributed by atoms with E-state index in [4.69, 9.17) is 23.2 Å². The van der Waals surface area contributed by atoms with Crippen molar-refractivity contribution in [1.29, 1.82) is 0 Å². The van der Waals surface area contributed by atoms with Gasteiger partial charge in [0.25, 0.3) is 5.91 Å². The van der Waals surface area contributed by atoms with Crippen LogP contribution in [-0.2, 0) is 0 Å². The van der Waals surface area contributed by atoms with Gasteiger partial charge in [-0.05, 0) is 30.3 Å². The van der Waals surface area contributed by atoms with E-state index in [9.17, 15) is 27.2 Å². The van der Waals surface area contributed by atoms with Crippen molar-refractivity contribution in [2.45, 2.75) is 12.6 Å². The Morgan fingerprint density at radius 1 is 1.10 bits per heavy atom. The summed E-state index contributed by atoms with van der Waals surface area (Å²) >= 11 is 13.4. The number of ketones is 1. The molecule has 0 spiro atoms. The smallest absolute Gasteiger partial charge is 0.293 e. The summed E-state index contributed by atoms with van der Waals surface area (Å²) in [4.78, 5) is 24.2. The molecule has 2 aromatic heterocycles. The quantitative estimate of drug-likeness (QED) is 0.200. The number of hydrogen-bond acceptors (Lipinski definition) is 5. The number of alkyl halides is 3. The fourth-order valence-corrected chi connectivity index (χ4v) is 4.67. The Balaban J connectivity index is 1.83. The maximum atomic E-state index is 13.3. The van der Waals surface area contributed by atoms with Crippen molar-refractivity contribution in [2.24, 2.45) is 5.10 Å². The first-order chi connectivity index (χ1) is 13.6. The van der Waals surface area contributed by atoms with Crippen molar-refractivity contribution in [1.82, 2.24) is 5.43 Å². The SMILES string of the molecule is O=C(C/C(=N/NC(=O)c1sc2cc(F)ccc2c1Cl)C(F)(F)F)c1ccc(Cl)s1. The maximum absolute atomic E-state index is 13.3. The van der Waals surface area contributed by atoms with Crippen molar-refractivity contribution in [3.05, 3.63) is 55.3 Å². The normalized spacial score (nSPS) is 12.4. The number of halogens is 6. The van der Waals surface area contributed by atoms with Crippen LogP contribution in [-0.4, -0.2) is 23.6 Å². The molecule has 0 fully saturated rings. The maximum Gasteiger partial charge on any atom is 0.431 e. The van der Waals surface area contributed by atoms with Crippen LogP contribution in [0.2, 0.25) is 9.36 Å². The highest BCUT2D eigenvalue weighted by atomic mass is 35.5. The Hall–Kier alpha value is -2.01. The van der Waals surface area contributed by atoms with Crippen molar-refractivity contribution in [2.75, 3.05) is 0 Å². The largest absolute Gasteiger partial charge is 0.431 e. The molecule has 0 saturated heterocycles. The van der Waals surface area contributed by atoms with Gasteiger partial charge < -0.3 is 0 Å². The number of amides is 1. The van der Waals surface area contributed by atoms with E-state index in [0.29, 0.717) is 10.1 Å². The first-order valence-electron chi connectivity index (χ1n) is 7.66. The average Bonchev–Trinajstić information content (AvgIpc) is 3.20. The van der Waals surface area contributed by atoms with Crippen LogP contribution in [0.25, 0.3) is 10.1 Å². The van der Waals surface area contributed by atoms with E-state index >= 15 is 0 Å². The summed E-state index contributed by atoms with van der Waals surface area (Å²) in [6, 6.07) is 6.34. The van der Waals surface area contributed by atoms with E-state index in [1.165, 1.54) is 18.2 Å². The molecule has 4 nitrogen and oxygen atoms in total. The fraction of sp³-hybridized carbons (Fsp3) is 0.118. The summed E-state index contributed by atoms with van der Waals surface area (Å²) in [6.07, 6.45) is -6.02. The summed E-state index contributed by atoms with van der Waals surface area (Å²) in [5.41, 5.74) is 0.288. The van der Waals surface area contributed by atoms with Gasteiger partial charge in [0.2, 0.25) is 0 Å². The number of benzene rings is 1. The molecule has 0 bridgehead atoms. The van der Waals surface area contributed by atoms with Gasteiger partial charge in [0.1, 0.15) is 16.4 Å². The second kappa shape index (κ2) is 8.39. The minimum atomic E-state index is -4.95. The molecule has 0 unspecified atom stereocenters. The van der Waals surface area contributed by atoms with Gasteiger partial charge in [0, 0.05) is 10.1 Å². The molecule has 0 aliphatic rings. The molecule has 2 heterocycles. The van der Waals surface area contributed by atoms with Crippen LogP contribution in [0, 0.1) is 5.82 Å². The zero-order chi connectivity index (χ0) is 21.3. The van der Waals surface area contributed by atoms with E-state index in [2.05, 4.69) is 5.10 Å². The molecular weight excluding hydrogens is 475 g/mol. The number of carbonyl (C=O) groups excluding carboxylic acids is 2. The van der Waals surface area contributed by atoms with E-state index in [1.54, 1.807) is 5.43 Å². The molecule has 3 rings (SSSR count). The van der Waals surface area contributed by atoms with Crippen LogP contribution in [0.15, 0.2) is 35.4 Å². The summed E-state index contributed by atoms with van der Waals surface area (Å²) in [5, 5.41) is 3.44. The molecule has 1 aromatic carbocycles. The Kier molecular flexibility index (Phi) is 6.27. The van der Waals surface area contributed by atoms with Crippen LogP contribution in [0.3, 0.4) is 0 Å². The molecule has 0 aliphatic carbocycles. The fourth-order valence-electron chi connectivity index (χ4n) is 2.26. The van der Waals surface area contributed by atoms with Gasteiger partial charge in [-0.1, -0.05) is 23.2 Å². The van der Waals surface area contributed by atoms with Crippen molar-refractivity contribution >= 4 is 73.4 Å². The molecule has 0 aliphatic heterocycles. The lowest BCUT2D eigenvalue weighted by atomic mass is 10.1. The second-order valence-corrected chi connectivity index (χ2v) is 8.73. The number of hydrazone groups is 1. The monoisotopic (exact) mass is 482 g/mol. The number of thiophene rings is 2. The minimum absolute atomic E-state index is 0.0319. The van der Waals surface area contributed by atoms with Crippen molar-refractivity contribution in [3.8, 4) is 0 Å². The Morgan fingerprint density at radius 2 is 1.83 bits per heavy atom. The number of rotatable bonds is 5. The number of nitrogens with one attached hydrogen (secondary N) is 1. The minimum Gasteiger partial charge on any atom is -0.293 e. The lowest BCUT2D eigenvalue weighted by Gasteiger charge is -2.09. The van der Waals surface area contributed by atoms with E-state index in [1.807, 2.05) is 0 Å². The molecule has 0 saturated carbocycles. The first kappa shape index (κ1) is 21.7. The zero-order valence-corrected chi connectivity index (χ0v) is 17.1. The number of carbonyl (C=O) groups is 2. The summed E-state index contributed by atoms with van der Waals surface area (Å²) in [7, 11) is 0. The standard InChI is InChI=1S/C17H8Cl2F4N2O2S2/c18-13-4-3-10(28-13)9(26)6-12(17(21,22)23)24-25-16(27)15-14(19)8-2-1-7(20)5-11(8)29-15/h1-5H,6H2,(H,25,27)/b24-12-. The Bertz CT molecular complexity index is 1140. The molecular formula is C17H8Cl2F4N2O2S2. The van der Waals surface area contributed by atoms with Gasteiger partial charge in [0.05, 0.1) is 20.7 Å². The van der Waals surface area contributed by atoms with Crippen LogP contribution in [0.5, 0.6) is 0 Å². The van der Waals surface area contributed by atoms with Gasteiger partial charge in [-0.25, -0.2) is 9.82 Å². The van der Waals surface area contributed by atoms with Crippen molar-refractivity contribution in [3.63, 3.8) is 0 Å². The number of nitrogens with zero attached hydrogens (tertiary/aromatic N) is 1. The molecule has 1 N–H and O–H groups in total. The van der Waals surface area contributed by atoms with Crippen LogP contribution in [0.4, 0.5) is 17.6 Å². The van der Waals surface area contributed by atoms with Crippen LogP contribution in [0.1, 0.15) is 25.8 Å². The second-order valence-electron chi connectivity index (χ2n) is 5.59. The topological polar surface area (TPSA) is 58.5 Å². The van der Waals surface area contributed by atoms with E-state index in [0.717, 1.165) is 34.8 Å². The predicted octanol–water partition coefficient (Wildman–Crippen LogP) is 6.33. The Morgan fingerprint density at radius 3 is 2.45 bits per heavy atom. The van der Waals surface area contributed by atoms with Gasteiger partial charge in [0.15, 0.2) is 5.78 Å². The third-order valence-corrected chi connectivity index (χ3v) is 6.52. The first-order valence-corrected chi connectivity index (χ1v) is 10.1. The molecule has 1 amide bonds. The Labute approximate surface area is 178 Å². The molecule has 29 heavy (non-hydrogen) atoms. The molecule has 0 radical (unpaired) electrons. The van der Waals surface area contributed by atoms with Gasteiger partial charge >= 0.3 is 6.18 Å². The van der Waals surface area contributed by atoms with Gasteiger partial charge in [-0.15, -0.1) is 22.7 Å². The number of hydrogen-bond donors (Lipinski definition) is 1. The number of Topliss-reactive ketones (excluding diaryl/α,β-unsaturated/α-hetero) is 1. The molecule has 0 atom stereocenters. The zero-order valence-electron chi connectivity index (χ0n) is 13.9. The summed E-state index contributed by atoms with van der Waals surface area (Å²) in [5.74, 6) is -2.40. The van der Waals surface area contributed by atoms with E-state index in [-0.39, 0.29) is 19.1 Å². The molecule has 3 aromatic rings. The number of fused-ring (bicyclic) bond motifs is 1. The van der Waals surface area contributed by atoms with Crippen molar-refractivity contribution < 1.29 is 27.2 Å². The molecule has 12 heteroatoms. The van der Waals surface area contributed by atoms with Crippen LogP contribution >= 0.6 is 45.9 Å². The highest BCUT2D eigenvalue weighted by Crippen LogP contribution is 2.35. The average molecular weight is 483 g/mol. The lowest BCUT2D eigenvalue weighted by Crippen LogP contribution is -2.30. The van der Waals surface area contributed by atoms with Crippen LogP contribution < -0.4 is 5.43 Å². The highest BCUT2D eigenvalue weighted by Gasteiger charge is 2.38. The summed E-state index contributed by atoms with van der Waals surface area (Å²) in [6.45, 7) is 0. The lowest BCUT2D eigenvalue weighted by molar-refractivity contribution is -0.0605. The summed E-state index contributed by atoms with van der Waals surface area (Å²) < 4.78 is 53.6. The third kappa shape index (κ3) is 4.95. The predicted molar refractivity (Wildman–Crippen MR) is 106 cm³/mol.